The van der Waals surface area contributed by atoms with Crippen LogP contribution in [-0.2, 0) is 12.8 Å². The largest absolute Gasteiger partial charge is 0.497 e. The van der Waals surface area contributed by atoms with Gasteiger partial charge in [-0.15, -0.1) is 0 Å². The Morgan fingerprint density at radius 3 is 2.31 bits per heavy atom. The molecule has 0 N–H and O–H groups in total. The van der Waals surface area contributed by atoms with Crippen LogP contribution in [0.15, 0.2) is 48.5 Å². The summed E-state index contributed by atoms with van der Waals surface area (Å²) >= 11 is 0. The monoisotopic (exact) mass is 431 g/mol. The third kappa shape index (κ3) is 4.30. The Kier molecular flexibility index (Phi) is 6.12. The first kappa shape index (κ1) is 21.4. The SMILES string of the molecule is COc1ccc(C=Cc2cc(Oc3c(C)cc([N+](=O)[O-])c4c3CCC4)ccc2OC)cc1. The normalized spacial score (nSPS) is 12.6. The molecule has 0 radical (unpaired) electrons. The van der Waals surface area contributed by atoms with Crippen LogP contribution >= 0.6 is 0 Å². The number of aryl methyl sites for hydroxylation is 1. The maximum Gasteiger partial charge on any atom is 0.273 e. The third-order valence-electron chi connectivity index (χ3n) is 5.70. The number of nitrogens with zero attached hydrogens (tertiary/aromatic N) is 1. The fraction of sp³-hybridized carbons (Fsp3) is 0.231. The quantitative estimate of drug-likeness (QED) is 0.247. The number of benzene rings is 3. The summed E-state index contributed by atoms with van der Waals surface area (Å²) < 4.78 is 17.0. The summed E-state index contributed by atoms with van der Waals surface area (Å²) in [4.78, 5) is 11.2. The fourth-order valence-electron chi connectivity index (χ4n) is 4.10. The molecule has 32 heavy (non-hydrogen) atoms. The van der Waals surface area contributed by atoms with Crippen LogP contribution in [0.2, 0.25) is 0 Å². The Hall–Kier alpha value is -3.80. The molecule has 0 unspecified atom stereocenters. The van der Waals surface area contributed by atoms with Crippen molar-refractivity contribution in [1.29, 1.82) is 0 Å². The van der Waals surface area contributed by atoms with E-state index in [0.29, 0.717) is 12.2 Å². The molecule has 0 saturated carbocycles. The van der Waals surface area contributed by atoms with Gasteiger partial charge in [-0.05, 0) is 67.6 Å². The van der Waals surface area contributed by atoms with Crippen molar-refractivity contribution in [3.63, 3.8) is 0 Å². The van der Waals surface area contributed by atoms with Gasteiger partial charge in [0, 0.05) is 22.8 Å². The lowest BCUT2D eigenvalue weighted by Crippen LogP contribution is -2.00. The van der Waals surface area contributed by atoms with Crippen molar-refractivity contribution < 1.29 is 19.1 Å². The summed E-state index contributed by atoms with van der Waals surface area (Å²) in [5, 5.41) is 11.5. The summed E-state index contributed by atoms with van der Waals surface area (Å²) in [6.07, 6.45) is 6.36. The molecule has 0 atom stereocenters. The van der Waals surface area contributed by atoms with Gasteiger partial charge < -0.3 is 14.2 Å². The second-order valence-electron chi connectivity index (χ2n) is 7.72. The molecule has 3 aromatic carbocycles. The molecule has 0 fully saturated rings. The number of fused-ring (bicyclic) bond motifs is 1. The van der Waals surface area contributed by atoms with Crippen LogP contribution in [-0.4, -0.2) is 19.1 Å². The summed E-state index contributed by atoms with van der Waals surface area (Å²) in [5.41, 5.74) is 4.61. The zero-order valence-corrected chi connectivity index (χ0v) is 18.4. The molecule has 3 aromatic rings. The van der Waals surface area contributed by atoms with Gasteiger partial charge in [-0.1, -0.05) is 24.3 Å². The van der Waals surface area contributed by atoms with Gasteiger partial charge >= 0.3 is 0 Å². The Bertz CT molecular complexity index is 1180. The molecule has 0 amide bonds. The van der Waals surface area contributed by atoms with E-state index in [9.17, 15) is 10.1 Å². The number of ether oxygens (including phenoxy) is 3. The van der Waals surface area contributed by atoms with Crippen molar-refractivity contribution in [3.05, 3.63) is 86.5 Å². The molecule has 0 aromatic heterocycles. The van der Waals surface area contributed by atoms with E-state index in [0.717, 1.165) is 57.9 Å². The zero-order valence-electron chi connectivity index (χ0n) is 18.4. The summed E-state index contributed by atoms with van der Waals surface area (Å²) in [6.45, 7) is 1.86. The van der Waals surface area contributed by atoms with E-state index < -0.39 is 0 Å². The lowest BCUT2D eigenvalue weighted by Gasteiger charge is -2.15. The Morgan fingerprint density at radius 1 is 0.906 bits per heavy atom. The lowest BCUT2D eigenvalue weighted by atomic mass is 10.0. The highest BCUT2D eigenvalue weighted by Crippen LogP contribution is 2.42. The van der Waals surface area contributed by atoms with Crippen LogP contribution < -0.4 is 14.2 Å². The van der Waals surface area contributed by atoms with E-state index >= 15 is 0 Å². The third-order valence-corrected chi connectivity index (χ3v) is 5.70. The molecule has 0 saturated heterocycles. The molecule has 0 aliphatic heterocycles. The van der Waals surface area contributed by atoms with E-state index in [4.69, 9.17) is 14.2 Å². The van der Waals surface area contributed by atoms with Crippen LogP contribution in [0, 0.1) is 17.0 Å². The van der Waals surface area contributed by atoms with Crippen LogP contribution in [0.3, 0.4) is 0 Å². The molecular weight excluding hydrogens is 406 g/mol. The predicted octanol–water partition coefficient (Wildman–Crippen LogP) is 6.37. The van der Waals surface area contributed by atoms with Crippen LogP contribution in [0.25, 0.3) is 12.2 Å². The minimum Gasteiger partial charge on any atom is -0.497 e. The number of hydrogen-bond donors (Lipinski definition) is 0. The van der Waals surface area contributed by atoms with Gasteiger partial charge in [0.2, 0.25) is 0 Å². The first-order chi connectivity index (χ1) is 15.5. The molecule has 0 bridgehead atoms. The fourth-order valence-corrected chi connectivity index (χ4v) is 4.10. The highest BCUT2D eigenvalue weighted by molar-refractivity contribution is 5.73. The number of hydrogen-bond acceptors (Lipinski definition) is 5. The van der Waals surface area contributed by atoms with E-state index in [-0.39, 0.29) is 10.6 Å². The highest BCUT2D eigenvalue weighted by atomic mass is 16.6. The molecule has 6 heteroatoms. The van der Waals surface area contributed by atoms with E-state index in [1.54, 1.807) is 20.3 Å². The summed E-state index contributed by atoms with van der Waals surface area (Å²) in [5.74, 6) is 2.92. The Balaban J connectivity index is 1.65. The number of nitro groups is 1. The van der Waals surface area contributed by atoms with Gasteiger partial charge in [0.05, 0.1) is 19.1 Å². The van der Waals surface area contributed by atoms with Gasteiger partial charge in [0.25, 0.3) is 5.69 Å². The maximum absolute atomic E-state index is 11.5. The second-order valence-corrected chi connectivity index (χ2v) is 7.72. The smallest absolute Gasteiger partial charge is 0.273 e. The van der Waals surface area contributed by atoms with E-state index in [1.807, 2.05) is 61.5 Å². The molecule has 4 rings (SSSR count). The Labute approximate surface area is 187 Å². The van der Waals surface area contributed by atoms with E-state index in [1.165, 1.54) is 0 Å². The average molecular weight is 431 g/mol. The van der Waals surface area contributed by atoms with Crippen molar-refractivity contribution in [1.82, 2.24) is 0 Å². The molecule has 1 aliphatic rings. The van der Waals surface area contributed by atoms with Crippen molar-refractivity contribution in [2.75, 3.05) is 14.2 Å². The minimum atomic E-state index is -0.295. The average Bonchev–Trinajstić information content (AvgIpc) is 3.29. The predicted molar refractivity (Wildman–Crippen MR) is 125 cm³/mol. The molecular formula is C26H25NO5. The van der Waals surface area contributed by atoms with Gasteiger partial charge in [0.1, 0.15) is 23.0 Å². The zero-order chi connectivity index (χ0) is 22.7. The minimum absolute atomic E-state index is 0.195. The summed E-state index contributed by atoms with van der Waals surface area (Å²) in [7, 11) is 3.27. The molecule has 0 spiro atoms. The van der Waals surface area contributed by atoms with Crippen LogP contribution in [0.4, 0.5) is 5.69 Å². The number of methoxy groups -OCH3 is 2. The van der Waals surface area contributed by atoms with Crippen LogP contribution in [0.5, 0.6) is 23.0 Å². The Morgan fingerprint density at radius 2 is 1.62 bits per heavy atom. The standard InChI is InChI=1S/C26H25NO5/c1-17-15-24(27(28)29)22-5-4-6-23(22)26(17)32-21-13-14-25(31-3)19(16-21)10-7-18-8-11-20(30-2)12-9-18/h7-16H,4-6H2,1-3H3. The first-order valence-corrected chi connectivity index (χ1v) is 10.5. The van der Waals surface area contributed by atoms with Crippen molar-refractivity contribution in [2.24, 2.45) is 0 Å². The molecule has 164 valence electrons. The van der Waals surface area contributed by atoms with Gasteiger partial charge in [-0.2, -0.15) is 0 Å². The molecule has 6 nitrogen and oxygen atoms in total. The first-order valence-electron chi connectivity index (χ1n) is 10.5. The van der Waals surface area contributed by atoms with E-state index in [2.05, 4.69) is 0 Å². The highest BCUT2D eigenvalue weighted by Gasteiger charge is 2.27. The topological polar surface area (TPSA) is 70.8 Å². The summed E-state index contributed by atoms with van der Waals surface area (Å²) in [6, 6.07) is 15.0. The van der Waals surface area contributed by atoms with Crippen molar-refractivity contribution in [3.8, 4) is 23.0 Å². The number of rotatable bonds is 7. The maximum atomic E-state index is 11.5. The second kappa shape index (κ2) is 9.14. The van der Waals surface area contributed by atoms with Crippen molar-refractivity contribution >= 4 is 17.8 Å². The van der Waals surface area contributed by atoms with Gasteiger partial charge in [-0.3, -0.25) is 10.1 Å². The molecule has 0 heterocycles. The van der Waals surface area contributed by atoms with Gasteiger partial charge in [0.15, 0.2) is 0 Å². The van der Waals surface area contributed by atoms with Crippen LogP contribution in [0.1, 0.15) is 34.2 Å². The molecule has 1 aliphatic carbocycles. The van der Waals surface area contributed by atoms with Crippen molar-refractivity contribution in [2.45, 2.75) is 26.2 Å². The lowest BCUT2D eigenvalue weighted by molar-refractivity contribution is -0.385. The number of nitro benzene ring substituents is 1. The van der Waals surface area contributed by atoms with Gasteiger partial charge in [-0.25, -0.2) is 0 Å².